The molecule has 4 rings (SSSR count). The van der Waals surface area contributed by atoms with Crippen LogP contribution in [-0.4, -0.2) is 19.1 Å². The Balaban J connectivity index is 1.51. The maximum absolute atomic E-state index is 11.7. The molecule has 4 fully saturated rings. The van der Waals surface area contributed by atoms with Crippen LogP contribution in [0.4, 0.5) is 0 Å². The van der Waals surface area contributed by atoms with Crippen molar-refractivity contribution in [3.63, 3.8) is 0 Å². The molecule has 29 heavy (non-hydrogen) atoms. The van der Waals surface area contributed by atoms with Crippen LogP contribution in [0.3, 0.4) is 0 Å². The van der Waals surface area contributed by atoms with Crippen LogP contribution in [0.25, 0.3) is 0 Å². The highest BCUT2D eigenvalue weighted by molar-refractivity contribution is 5.69. The Kier molecular flexibility index (Phi) is 6.10. The fourth-order valence-corrected chi connectivity index (χ4v) is 9.11. The zero-order valence-corrected chi connectivity index (χ0v) is 19.4. The Hall–Kier alpha value is -0.570. The van der Waals surface area contributed by atoms with Gasteiger partial charge in [-0.15, -0.1) is 0 Å². The molecule has 9 atom stereocenters. The molecule has 0 spiro atoms. The predicted molar refractivity (Wildman–Crippen MR) is 118 cm³/mol. The van der Waals surface area contributed by atoms with E-state index in [2.05, 4.69) is 20.8 Å². The van der Waals surface area contributed by atoms with Crippen LogP contribution in [0.1, 0.15) is 97.8 Å². The molecule has 3 heteroatoms. The molecule has 166 valence electrons. The lowest BCUT2D eigenvalue weighted by molar-refractivity contribution is -0.151. The van der Waals surface area contributed by atoms with E-state index in [1.54, 1.807) is 0 Å². The minimum Gasteiger partial charge on any atom is -0.469 e. The highest BCUT2D eigenvalue weighted by Gasteiger charge is 2.59. The van der Waals surface area contributed by atoms with Crippen LogP contribution in [-0.2, 0) is 9.53 Å². The first-order chi connectivity index (χ1) is 13.8. The lowest BCUT2D eigenvalue weighted by atomic mass is 9.41. The Morgan fingerprint density at radius 2 is 1.76 bits per heavy atom. The third kappa shape index (κ3) is 3.68. The number of methoxy groups -OCH3 is 1. The zero-order chi connectivity index (χ0) is 20.8. The topological polar surface area (TPSA) is 52.3 Å². The van der Waals surface area contributed by atoms with Crippen molar-refractivity contribution in [2.75, 3.05) is 7.11 Å². The number of fused-ring (bicyclic) bond motifs is 5. The van der Waals surface area contributed by atoms with Gasteiger partial charge < -0.3 is 10.5 Å². The van der Waals surface area contributed by atoms with Crippen LogP contribution in [0.2, 0.25) is 0 Å². The summed E-state index contributed by atoms with van der Waals surface area (Å²) in [6.45, 7) is 7.69. The minimum absolute atomic E-state index is 0.0418. The largest absolute Gasteiger partial charge is 0.469 e. The maximum atomic E-state index is 11.7. The number of carbonyl (C=O) groups excluding carboxylic acids is 1. The molecule has 0 bridgehead atoms. The number of hydrogen-bond acceptors (Lipinski definition) is 3. The summed E-state index contributed by atoms with van der Waals surface area (Å²) in [5.41, 5.74) is 7.39. The summed E-state index contributed by atoms with van der Waals surface area (Å²) in [7, 11) is 1.52. The Morgan fingerprint density at radius 1 is 1.03 bits per heavy atom. The second kappa shape index (κ2) is 8.17. The van der Waals surface area contributed by atoms with Crippen LogP contribution in [0.15, 0.2) is 0 Å². The van der Waals surface area contributed by atoms with E-state index >= 15 is 0 Å². The molecule has 4 saturated carbocycles. The predicted octanol–water partition coefficient (Wildman–Crippen LogP) is 5.95. The third-order valence-electron chi connectivity index (χ3n) is 10.7. The van der Waals surface area contributed by atoms with Crippen LogP contribution in [0, 0.1) is 46.3 Å². The van der Waals surface area contributed by atoms with Gasteiger partial charge in [0.25, 0.3) is 0 Å². The number of carbonyl (C=O) groups is 1. The molecular weight excluding hydrogens is 358 g/mol. The highest BCUT2D eigenvalue weighted by atomic mass is 16.5. The standard InChI is InChI=1S/C26H45NO2/c1-17(8-11-24(28)29-4)21-6-5-7-22-20-10-9-18-16-19(27)12-14-25(18,2)23(20)13-15-26(21,22)3/h17-23H,5-16,27H2,1-4H3/t17?,18?,19?,20?,21-,22?,23?,25+,26-/m1/s1. The molecule has 0 radical (unpaired) electrons. The van der Waals surface area contributed by atoms with E-state index in [9.17, 15) is 4.79 Å². The molecule has 0 amide bonds. The van der Waals surface area contributed by atoms with Crippen molar-refractivity contribution in [2.24, 2.45) is 52.1 Å². The first kappa shape index (κ1) is 21.7. The summed E-state index contributed by atoms with van der Waals surface area (Å²) in [5, 5.41) is 0. The Labute approximate surface area is 178 Å². The number of esters is 1. The van der Waals surface area contributed by atoms with Gasteiger partial charge >= 0.3 is 5.97 Å². The van der Waals surface area contributed by atoms with Gasteiger partial charge in [0.15, 0.2) is 0 Å². The molecule has 0 saturated heterocycles. The van der Waals surface area contributed by atoms with Gasteiger partial charge in [-0.2, -0.15) is 0 Å². The van der Waals surface area contributed by atoms with E-state index in [1.807, 2.05) is 0 Å². The molecule has 0 heterocycles. The maximum Gasteiger partial charge on any atom is 0.305 e. The average Bonchev–Trinajstić information content (AvgIpc) is 2.71. The minimum atomic E-state index is -0.0418. The van der Waals surface area contributed by atoms with E-state index in [-0.39, 0.29) is 5.97 Å². The first-order valence-corrected chi connectivity index (χ1v) is 12.6. The molecule has 4 aliphatic carbocycles. The van der Waals surface area contributed by atoms with E-state index < -0.39 is 0 Å². The normalized spacial score (nSPS) is 48.0. The number of ether oxygens (including phenoxy) is 1. The van der Waals surface area contributed by atoms with Crippen LogP contribution >= 0.6 is 0 Å². The van der Waals surface area contributed by atoms with Crippen LogP contribution in [0.5, 0.6) is 0 Å². The molecule has 0 aromatic carbocycles. The van der Waals surface area contributed by atoms with Crippen LogP contribution < -0.4 is 5.73 Å². The summed E-state index contributed by atoms with van der Waals surface area (Å²) < 4.78 is 4.91. The summed E-state index contributed by atoms with van der Waals surface area (Å²) >= 11 is 0. The Bertz CT molecular complexity index is 606. The van der Waals surface area contributed by atoms with Crippen molar-refractivity contribution >= 4 is 5.97 Å². The fraction of sp³-hybridized carbons (Fsp3) is 0.962. The zero-order valence-electron chi connectivity index (χ0n) is 19.4. The SMILES string of the molecule is COC(=O)CCC(C)[C@H]1CCCC2C3CCC4CC(N)CC[C@]4(C)C3CC[C@@]21C. The summed E-state index contributed by atoms with van der Waals surface area (Å²) in [4.78, 5) is 11.7. The van der Waals surface area contributed by atoms with Gasteiger partial charge in [0.1, 0.15) is 0 Å². The lowest BCUT2D eigenvalue weighted by Crippen LogP contribution is -2.57. The molecule has 6 unspecified atom stereocenters. The van der Waals surface area contributed by atoms with Gasteiger partial charge in [-0.1, -0.05) is 27.2 Å². The summed E-state index contributed by atoms with van der Waals surface area (Å²) in [5.74, 6) is 4.98. The quantitative estimate of drug-likeness (QED) is 0.590. The van der Waals surface area contributed by atoms with Gasteiger partial charge in [-0.05, 0) is 111 Å². The molecule has 4 aliphatic rings. The van der Waals surface area contributed by atoms with Gasteiger partial charge in [0.05, 0.1) is 7.11 Å². The van der Waals surface area contributed by atoms with E-state index in [0.29, 0.717) is 29.2 Å². The summed E-state index contributed by atoms with van der Waals surface area (Å²) in [6.07, 6.45) is 15.3. The van der Waals surface area contributed by atoms with Crippen molar-refractivity contribution in [3.8, 4) is 0 Å². The summed E-state index contributed by atoms with van der Waals surface area (Å²) in [6, 6.07) is 0.452. The molecule has 3 nitrogen and oxygen atoms in total. The molecular formula is C26H45NO2. The fourth-order valence-electron chi connectivity index (χ4n) is 9.11. The average molecular weight is 404 g/mol. The van der Waals surface area contributed by atoms with E-state index in [4.69, 9.17) is 10.5 Å². The van der Waals surface area contributed by atoms with E-state index in [0.717, 1.165) is 36.0 Å². The number of rotatable bonds is 4. The van der Waals surface area contributed by atoms with Gasteiger partial charge in [0.2, 0.25) is 0 Å². The smallest absolute Gasteiger partial charge is 0.305 e. The molecule has 0 aromatic heterocycles. The second-order valence-electron chi connectivity index (χ2n) is 11.9. The van der Waals surface area contributed by atoms with Crippen molar-refractivity contribution in [1.29, 1.82) is 0 Å². The first-order valence-electron chi connectivity index (χ1n) is 12.6. The number of nitrogens with two attached hydrogens (primary N) is 1. The Morgan fingerprint density at radius 3 is 2.52 bits per heavy atom. The number of hydrogen-bond donors (Lipinski definition) is 1. The second-order valence-corrected chi connectivity index (χ2v) is 11.9. The third-order valence-corrected chi connectivity index (χ3v) is 10.7. The lowest BCUT2D eigenvalue weighted by Gasteiger charge is -2.64. The van der Waals surface area contributed by atoms with Gasteiger partial charge in [0, 0.05) is 12.5 Å². The molecule has 0 aliphatic heterocycles. The van der Waals surface area contributed by atoms with Gasteiger partial charge in [-0.25, -0.2) is 0 Å². The van der Waals surface area contributed by atoms with Crippen molar-refractivity contribution in [3.05, 3.63) is 0 Å². The van der Waals surface area contributed by atoms with Crippen molar-refractivity contribution in [1.82, 2.24) is 0 Å². The van der Waals surface area contributed by atoms with Gasteiger partial charge in [-0.3, -0.25) is 4.79 Å². The molecule has 0 aromatic rings. The van der Waals surface area contributed by atoms with E-state index in [1.165, 1.54) is 71.3 Å². The highest BCUT2D eigenvalue weighted by Crippen LogP contribution is 2.67. The van der Waals surface area contributed by atoms with Crippen molar-refractivity contribution in [2.45, 2.75) is 104 Å². The molecule has 2 N–H and O–H groups in total. The monoisotopic (exact) mass is 403 g/mol. The van der Waals surface area contributed by atoms with Crippen molar-refractivity contribution < 1.29 is 9.53 Å².